The lowest BCUT2D eigenvalue weighted by Crippen LogP contribution is -2.12. The lowest BCUT2D eigenvalue weighted by molar-refractivity contribution is -0.111. The van der Waals surface area contributed by atoms with Gasteiger partial charge in [0.15, 0.2) is 0 Å². The van der Waals surface area contributed by atoms with E-state index in [1.165, 1.54) is 10.6 Å². The zero-order valence-electron chi connectivity index (χ0n) is 9.70. The third-order valence-corrected chi connectivity index (χ3v) is 2.69. The maximum absolute atomic E-state index is 11.4. The molecule has 5 heteroatoms. The number of nitrogens with zero attached hydrogens (tertiary/aromatic N) is 1. The molecule has 0 bridgehead atoms. The highest BCUT2D eigenvalue weighted by Crippen LogP contribution is 2.21. The van der Waals surface area contributed by atoms with Crippen LogP contribution in [0, 0.1) is 6.92 Å². The minimum atomic E-state index is -0.270. The molecule has 1 amide bonds. The van der Waals surface area contributed by atoms with E-state index in [0.717, 1.165) is 16.6 Å². The van der Waals surface area contributed by atoms with Gasteiger partial charge in [-0.25, -0.2) is 4.79 Å². The first-order valence-corrected chi connectivity index (χ1v) is 5.15. The van der Waals surface area contributed by atoms with Gasteiger partial charge in [0, 0.05) is 12.7 Å². The van der Waals surface area contributed by atoms with E-state index in [0.29, 0.717) is 5.69 Å². The van der Waals surface area contributed by atoms with E-state index in [2.05, 4.69) is 16.9 Å². The summed E-state index contributed by atoms with van der Waals surface area (Å²) in [4.78, 5) is 25.4. The fourth-order valence-corrected chi connectivity index (χ4v) is 1.70. The predicted molar refractivity (Wildman–Crippen MR) is 67.1 cm³/mol. The maximum Gasteiger partial charge on any atom is 0.326 e. The minimum absolute atomic E-state index is 0.174. The summed E-state index contributed by atoms with van der Waals surface area (Å²) in [7, 11) is 1.68. The standard InChI is InChI=1S/C12H13N3O2/c1-4-11(16)13-8-6-10-9(5-7(8)2)14-12(17)15(10)3/h4-6H,1H2,2-3H3,(H,13,16)(H,14,17). The number of aromatic nitrogens is 2. The molecule has 0 aliphatic heterocycles. The quantitative estimate of drug-likeness (QED) is 0.765. The Morgan fingerprint density at radius 3 is 2.88 bits per heavy atom. The van der Waals surface area contributed by atoms with Gasteiger partial charge in [-0.2, -0.15) is 0 Å². The normalized spacial score (nSPS) is 10.5. The second kappa shape index (κ2) is 3.93. The number of nitrogens with one attached hydrogen (secondary N) is 2. The van der Waals surface area contributed by atoms with Crippen LogP contribution in [0.1, 0.15) is 5.56 Å². The van der Waals surface area contributed by atoms with Gasteiger partial charge in [0.1, 0.15) is 0 Å². The number of anilines is 1. The molecule has 2 rings (SSSR count). The Morgan fingerprint density at radius 2 is 2.24 bits per heavy atom. The summed E-state index contributed by atoms with van der Waals surface area (Å²) in [5.74, 6) is -0.270. The zero-order chi connectivity index (χ0) is 12.6. The van der Waals surface area contributed by atoms with Crippen LogP contribution in [0.2, 0.25) is 0 Å². The smallest absolute Gasteiger partial charge is 0.322 e. The van der Waals surface area contributed by atoms with Crippen molar-refractivity contribution in [3.63, 3.8) is 0 Å². The van der Waals surface area contributed by atoms with E-state index in [4.69, 9.17) is 0 Å². The van der Waals surface area contributed by atoms with Gasteiger partial charge in [-0.3, -0.25) is 9.36 Å². The van der Waals surface area contributed by atoms with Gasteiger partial charge in [0.25, 0.3) is 0 Å². The summed E-state index contributed by atoms with van der Waals surface area (Å²) in [6, 6.07) is 3.60. The molecule has 1 heterocycles. The first kappa shape index (κ1) is 11.2. The van der Waals surface area contributed by atoms with Crippen molar-refractivity contribution < 1.29 is 4.79 Å². The molecular weight excluding hydrogens is 218 g/mol. The number of carbonyl (C=O) groups is 1. The van der Waals surface area contributed by atoms with Crippen molar-refractivity contribution in [2.75, 3.05) is 5.32 Å². The summed E-state index contributed by atoms with van der Waals surface area (Å²) >= 11 is 0. The van der Waals surface area contributed by atoms with Gasteiger partial charge in [-0.05, 0) is 30.7 Å². The second-order valence-electron chi connectivity index (χ2n) is 3.87. The highest BCUT2D eigenvalue weighted by atomic mass is 16.2. The van der Waals surface area contributed by atoms with Gasteiger partial charge in [0.05, 0.1) is 11.0 Å². The van der Waals surface area contributed by atoms with Crippen LogP contribution in [0.25, 0.3) is 11.0 Å². The Morgan fingerprint density at radius 1 is 1.53 bits per heavy atom. The van der Waals surface area contributed by atoms with E-state index in [9.17, 15) is 9.59 Å². The topological polar surface area (TPSA) is 66.9 Å². The molecule has 0 fully saturated rings. The molecule has 2 N–H and O–H groups in total. The van der Waals surface area contributed by atoms with E-state index >= 15 is 0 Å². The largest absolute Gasteiger partial charge is 0.326 e. The van der Waals surface area contributed by atoms with Crippen LogP contribution in [-0.4, -0.2) is 15.5 Å². The molecule has 0 saturated heterocycles. The van der Waals surface area contributed by atoms with Gasteiger partial charge >= 0.3 is 5.69 Å². The highest BCUT2D eigenvalue weighted by Gasteiger charge is 2.08. The number of benzene rings is 1. The number of aryl methyl sites for hydroxylation is 2. The molecule has 0 spiro atoms. The molecule has 5 nitrogen and oxygen atoms in total. The van der Waals surface area contributed by atoms with Gasteiger partial charge in [-0.15, -0.1) is 0 Å². The van der Waals surface area contributed by atoms with E-state index in [-0.39, 0.29) is 11.6 Å². The number of rotatable bonds is 2. The second-order valence-corrected chi connectivity index (χ2v) is 3.87. The Kier molecular flexibility index (Phi) is 2.59. The van der Waals surface area contributed by atoms with Gasteiger partial charge < -0.3 is 10.3 Å². The summed E-state index contributed by atoms with van der Waals surface area (Å²) in [6.07, 6.45) is 1.21. The molecular formula is C12H13N3O2. The third-order valence-electron chi connectivity index (χ3n) is 2.69. The third kappa shape index (κ3) is 1.87. The van der Waals surface area contributed by atoms with Crippen molar-refractivity contribution in [1.29, 1.82) is 0 Å². The number of aromatic amines is 1. The van der Waals surface area contributed by atoms with Crippen LogP contribution in [-0.2, 0) is 11.8 Å². The number of amides is 1. The van der Waals surface area contributed by atoms with Crippen LogP contribution in [0.4, 0.5) is 5.69 Å². The first-order chi connectivity index (χ1) is 8.02. The summed E-state index contributed by atoms with van der Waals surface area (Å²) in [5.41, 5.74) is 2.89. The number of fused-ring (bicyclic) bond motifs is 1. The number of hydrogen-bond acceptors (Lipinski definition) is 2. The maximum atomic E-state index is 11.4. The molecule has 88 valence electrons. The summed E-state index contributed by atoms with van der Waals surface area (Å²) < 4.78 is 1.50. The van der Waals surface area contributed by atoms with E-state index in [1.54, 1.807) is 13.1 Å². The number of carbonyl (C=O) groups excluding carboxylic acids is 1. The number of H-pyrrole nitrogens is 1. The fraction of sp³-hybridized carbons (Fsp3) is 0.167. The summed E-state index contributed by atoms with van der Waals surface area (Å²) in [6.45, 7) is 5.26. The van der Waals surface area contributed by atoms with E-state index < -0.39 is 0 Å². The molecule has 0 radical (unpaired) electrons. The molecule has 1 aromatic carbocycles. The molecule has 0 aliphatic rings. The van der Waals surface area contributed by atoms with Gasteiger partial charge in [0.2, 0.25) is 5.91 Å². The molecule has 2 aromatic rings. The fourth-order valence-electron chi connectivity index (χ4n) is 1.70. The molecule has 1 aromatic heterocycles. The highest BCUT2D eigenvalue weighted by molar-refractivity contribution is 6.00. The van der Waals surface area contributed by atoms with Crippen molar-refractivity contribution in [2.45, 2.75) is 6.92 Å². The lowest BCUT2D eigenvalue weighted by atomic mass is 10.1. The molecule has 0 aliphatic carbocycles. The monoisotopic (exact) mass is 231 g/mol. The molecule has 0 unspecified atom stereocenters. The summed E-state index contributed by atoms with van der Waals surface area (Å²) in [5, 5.41) is 2.70. The Labute approximate surface area is 97.8 Å². The lowest BCUT2D eigenvalue weighted by Gasteiger charge is -2.07. The van der Waals surface area contributed by atoms with Crippen LogP contribution in [0.15, 0.2) is 29.6 Å². The molecule has 0 saturated carbocycles. The molecule has 17 heavy (non-hydrogen) atoms. The van der Waals surface area contributed by atoms with Crippen molar-refractivity contribution in [3.05, 3.63) is 40.8 Å². The average Bonchev–Trinajstić information content (AvgIpc) is 2.56. The SMILES string of the molecule is C=CC(=O)Nc1cc2c(cc1C)[nH]c(=O)n2C. The zero-order valence-corrected chi connectivity index (χ0v) is 9.70. The predicted octanol–water partition coefficient (Wildman–Crippen LogP) is 1.30. The number of imidazole rings is 1. The van der Waals surface area contributed by atoms with Gasteiger partial charge in [-0.1, -0.05) is 6.58 Å². The van der Waals surface area contributed by atoms with Crippen molar-refractivity contribution in [3.8, 4) is 0 Å². The first-order valence-electron chi connectivity index (χ1n) is 5.15. The van der Waals surface area contributed by atoms with Crippen molar-refractivity contribution >= 4 is 22.6 Å². The van der Waals surface area contributed by atoms with E-state index in [1.807, 2.05) is 13.0 Å². The minimum Gasteiger partial charge on any atom is -0.322 e. The van der Waals surface area contributed by atoms with Crippen molar-refractivity contribution in [2.24, 2.45) is 7.05 Å². The molecule has 0 atom stereocenters. The Balaban J connectivity index is 2.61. The average molecular weight is 231 g/mol. The van der Waals surface area contributed by atoms with Crippen LogP contribution < -0.4 is 11.0 Å². The van der Waals surface area contributed by atoms with Crippen LogP contribution in [0.3, 0.4) is 0 Å². The van der Waals surface area contributed by atoms with Crippen molar-refractivity contribution in [1.82, 2.24) is 9.55 Å². The van der Waals surface area contributed by atoms with Crippen LogP contribution in [0.5, 0.6) is 0 Å². The van der Waals surface area contributed by atoms with Crippen LogP contribution >= 0.6 is 0 Å². The number of hydrogen-bond donors (Lipinski definition) is 2. The Hall–Kier alpha value is -2.30. The Bertz CT molecular complexity index is 664.